The summed E-state index contributed by atoms with van der Waals surface area (Å²) in [5.74, 6) is -4.43. The van der Waals surface area contributed by atoms with Crippen LogP contribution in [0.5, 0.6) is 11.6 Å². The topological polar surface area (TPSA) is 120 Å². The highest BCUT2D eigenvalue weighted by Gasteiger charge is 2.54. The van der Waals surface area contributed by atoms with Gasteiger partial charge in [-0.3, -0.25) is 9.59 Å². The standard InChI is InChI=1S/C33H44F2N4O6/c1-18-24-17-39(25(18)19(2)40)29(41)27(31(3,4)5)38-30(42)45-32(6)16-20(32)11-9-8-10-14-33(34,35)26-28(44-24)37-23-15-21(43-7)12-13-22(23)36-26/h12-13,15,18,20,24-25,27H,8-11,14,16-17H2,1-7H3,(H,38,42)/t18-,20-,24+,25+,27-,32-/m1/s1. The lowest BCUT2D eigenvalue weighted by atomic mass is 9.85. The molecule has 45 heavy (non-hydrogen) atoms. The molecule has 3 aliphatic rings. The van der Waals surface area contributed by atoms with Crippen LogP contribution in [0.25, 0.3) is 11.0 Å². The second-order valence-electron chi connectivity index (χ2n) is 14.1. The van der Waals surface area contributed by atoms with Crippen LogP contribution in [0.1, 0.15) is 85.8 Å². The van der Waals surface area contributed by atoms with Gasteiger partial charge >= 0.3 is 6.09 Å². The van der Waals surface area contributed by atoms with Crippen LogP contribution in [-0.4, -0.2) is 70.1 Å². The highest BCUT2D eigenvalue weighted by molar-refractivity contribution is 5.92. The molecule has 2 fully saturated rings. The molecular weight excluding hydrogens is 586 g/mol. The van der Waals surface area contributed by atoms with Crippen molar-refractivity contribution in [3.63, 3.8) is 0 Å². The van der Waals surface area contributed by atoms with Crippen LogP contribution in [-0.2, 0) is 20.2 Å². The number of carbonyl (C=O) groups is 3. The summed E-state index contributed by atoms with van der Waals surface area (Å²) < 4.78 is 49.2. The Morgan fingerprint density at radius 3 is 2.53 bits per heavy atom. The van der Waals surface area contributed by atoms with Crippen LogP contribution in [0.3, 0.4) is 0 Å². The van der Waals surface area contributed by atoms with E-state index in [2.05, 4.69) is 15.3 Å². The molecule has 1 aromatic heterocycles. The number of Topliss-reactive ketones (excluding diaryl/α,β-unsaturated/α-hetero) is 1. The predicted molar refractivity (Wildman–Crippen MR) is 162 cm³/mol. The van der Waals surface area contributed by atoms with E-state index in [1.807, 2.05) is 27.7 Å². The molecule has 5 rings (SSSR count). The van der Waals surface area contributed by atoms with Crippen LogP contribution in [0, 0.1) is 17.3 Å². The molecule has 10 nitrogen and oxygen atoms in total. The van der Waals surface area contributed by atoms with E-state index in [0.717, 1.165) is 6.42 Å². The number of ketones is 1. The molecule has 2 amide bonds. The summed E-state index contributed by atoms with van der Waals surface area (Å²) in [5.41, 5.74) is -1.40. The van der Waals surface area contributed by atoms with E-state index >= 15 is 8.78 Å². The van der Waals surface area contributed by atoms with E-state index in [-0.39, 0.29) is 36.1 Å². The van der Waals surface area contributed by atoms with Crippen LogP contribution in [0.4, 0.5) is 13.6 Å². The molecule has 1 saturated carbocycles. The third-order valence-corrected chi connectivity index (χ3v) is 9.54. The van der Waals surface area contributed by atoms with Crippen LogP contribution < -0.4 is 14.8 Å². The van der Waals surface area contributed by atoms with E-state index in [0.29, 0.717) is 30.5 Å². The highest BCUT2D eigenvalue weighted by atomic mass is 19.3. The fourth-order valence-corrected chi connectivity index (χ4v) is 6.70. The number of hydrogen-bond acceptors (Lipinski definition) is 8. The van der Waals surface area contributed by atoms with Gasteiger partial charge in [0.1, 0.15) is 23.5 Å². The molecule has 2 aromatic rings. The molecule has 1 N–H and O–H groups in total. The maximum atomic E-state index is 15.9. The number of methoxy groups -OCH3 is 1. The fraction of sp³-hybridized carbons (Fsp3) is 0.667. The Labute approximate surface area is 262 Å². The normalized spacial score (nSPS) is 30.9. The minimum atomic E-state index is -3.35. The van der Waals surface area contributed by atoms with E-state index in [1.165, 1.54) is 18.9 Å². The maximum Gasteiger partial charge on any atom is 0.408 e. The van der Waals surface area contributed by atoms with Crippen LogP contribution in [0.15, 0.2) is 18.2 Å². The Hall–Kier alpha value is -3.57. The van der Waals surface area contributed by atoms with E-state index in [4.69, 9.17) is 14.2 Å². The van der Waals surface area contributed by atoms with Crippen molar-refractivity contribution in [2.24, 2.45) is 17.3 Å². The lowest BCUT2D eigenvalue weighted by Gasteiger charge is -2.35. The second-order valence-corrected chi connectivity index (χ2v) is 14.1. The maximum absolute atomic E-state index is 15.9. The third-order valence-electron chi connectivity index (χ3n) is 9.54. The summed E-state index contributed by atoms with van der Waals surface area (Å²) in [7, 11) is 1.49. The smallest absolute Gasteiger partial charge is 0.408 e. The number of halogens is 2. The second kappa shape index (κ2) is 12.0. The number of rotatable bonds is 2. The Balaban J connectivity index is 1.56. The number of carbonyl (C=O) groups excluding carboxylic acids is 3. The number of amides is 2. The van der Waals surface area contributed by atoms with Gasteiger partial charge in [-0.05, 0) is 50.7 Å². The van der Waals surface area contributed by atoms with Crippen LogP contribution in [0.2, 0.25) is 0 Å². The van der Waals surface area contributed by atoms with Crippen molar-refractivity contribution in [3.8, 4) is 11.6 Å². The van der Waals surface area contributed by atoms with Crippen molar-refractivity contribution in [2.45, 2.75) is 110 Å². The monoisotopic (exact) mass is 630 g/mol. The lowest BCUT2D eigenvalue weighted by molar-refractivity contribution is -0.141. The van der Waals surface area contributed by atoms with Gasteiger partial charge in [-0.2, -0.15) is 8.78 Å². The van der Waals surface area contributed by atoms with Gasteiger partial charge in [-0.15, -0.1) is 0 Å². The van der Waals surface area contributed by atoms with Gasteiger partial charge in [0.25, 0.3) is 5.92 Å². The first-order chi connectivity index (χ1) is 21.0. The highest BCUT2D eigenvalue weighted by Crippen LogP contribution is 2.50. The minimum Gasteiger partial charge on any atom is -0.497 e. The molecule has 0 radical (unpaired) electrons. The third kappa shape index (κ3) is 6.70. The van der Waals surface area contributed by atoms with Gasteiger partial charge in [0.05, 0.1) is 30.7 Å². The van der Waals surface area contributed by atoms with Gasteiger partial charge in [-0.25, -0.2) is 14.8 Å². The number of alkyl halides is 2. The summed E-state index contributed by atoms with van der Waals surface area (Å²) in [5, 5.41) is 2.78. The Morgan fingerprint density at radius 2 is 1.87 bits per heavy atom. The van der Waals surface area contributed by atoms with Gasteiger partial charge in [0.2, 0.25) is 11.8 Å². The SMILES string of the molecule is COc1ccc2nc3c(nc2c1)O[C@H]1CN(C(=O)[C@H](C(C)(C)C)NC(=O)O[C@]2(C)C[C@H]2CCCCCC3(F)F)[C@H](C(C)=O)[C@@H]1C. The first-order valence-electron chi connectivity index (χ1n) is 15.8. The van der Waals surface area contributed by atoms with E-state index < -0.39 is 65.2 Å². The summed E-state index contributed by atoms with van der Waals surface area (Å²) in [6.07, 6.45) is 0.927. The van der Waals surface area contributed by atoms with Crippen molar-refractivity contribution < 1.29 is 37.4 Å². The van der Waals surface area contributed by atoms with Crippen molar-refractivity contribution >= 4 is 28.8 Å². The summed E-state index contributed by atoms with van der Waals surface area (Å²) >= 11 is 0. The molecule has 1 saturated heterocycles. The minimum absolute atomic E-state index is 0.0732. The quantitative estimate of drug-likeness (QED) is 0.443. The molecule has 2 aliphatic heterocycles. The molecule has 12 heteroatoms. The first-order valence-corrected chi connectivity index (χ1v) is 15.8. The first kappa shape index (κ1) is 32.8. The zero-order chi connectivity index (χ0) is 32.9. The number of alkyl carbamates (subject to hydrolysis) is 1. The van der Waals surface area contributed by atoms with E-state index in [1.54, 1.807) is 25.1 Å². The van der Waals surface area contributed by atoms with Gasteiger partial charge < -0.3 is 24.4 Å². The van der Waals surface area contributed by atoms with Crippen molar-refractivity contribution in [1.82, 2.24) is 20.2 Å². The molecule has 1 aliphatic carbocycles. The van der Waals surface area contributed by atoms with Crippen molar-refractivity contribution in [1.29, 1.82) is 0 Å². The van der Waals surface area contributed by atoms with Crippen molar-refractivity contribution in [3.05, 3.63) is 23.9 Å². The molecule has 1 aromatic carbocycles. The summed E-state index contributed by atoms with van der Waals surface area (Å²) in [6, 6.07) is 2.87. The largest absolute Gasteiger partial charge is 0.497 e. The molecule has 2 bridgehead atoms. The summed E-state index contributed by atoms with van der Waals surface area (Å²) in [6.45, 7) is 10.4. The Bertz CT molecular complexity index is 1480. The zero-order valence-corrected chi connectivity index (χ0v) is 27.1. The fourth-order valence-electron chi connectivity index (χ4n) is 6.70. The summed E-state index contributed by atoms with van der Waals surface area (Å²) in [4.78, 5) is 50.4. The average molecular weight is 631 g/mol. The Kier molecular flexibility index (Phi) is 8.74. The van der Waals surface area contributed by atoms with E-state index in [9.17, 15) is 14.4 Å². The lowest BCUT2D eigenvalue weighted by Crippen LogP contribution is -2.57. The van der Waals surface area contributed by atoms with Crippen molar-refractivity contribution in [2.75, 3.05) is 13.7 Å². The Morgan fingerprint density at radius 1 is 1.13 bits per heavy atom. The number of ether oxygens (including phenoxy) is 3. The zero-order valence-electron chi connectivity index (χ0n) is 27.1. The van der Waals surface area contributed by atoms with Gasteiger partial charge in [0.15, 0.2) is 11.5 Å². The number of nitrogens with one attached hydrogen (secondary N) is 1. The van der Waals surface area contributed by atoms with Gasteiger partial charge in [-0.1, -0.05) is 40.5 Å². The van der Waals surface area contributed by atoms with Crippen LogP contribution >= 0.6 is 0 Å². The molecular formula is C33H44F2N4O6. The number of benzene rings is 1. The number of fused-ring (bicyclic) bond motifs is 5. The number of hydrogen-bond donors (Lipinski definition) is 1. The number of aromatic nitrogens is 2. The number of nitrogens with zero attached hydrogens (tertiary/aromatic N) is 3. The van der Waals surface area contributed by atoms with Gasteiger partial charge in [0, 0.05) is 24.3 Å². The molecule has 246 valence electrons. The molecule has 6 atom stereocenters. The molecule has 3 heterocycles. The predicted octanol–water partition coefficient (Wildman–Crippen LogP) is 5.80. The molecule has 0 spiro atoms. The molecule has 0 unspecified atom stereocenters. The average Bonchev–Trinajstić information content (AvgIpc) is 3.46.